The van der Waals surface area contributed by atoms with Crippen LogP contribution in [0.2, 0.25) is 0 Å². The van der Waals surface area contributed by atoms with E-state index in [1.54, 1.807) is 6.08 Å². The molecule has 1 rings (SSSR count). The van der Waals surface area contributed by atoms with Crippen molar-refractivity contribution < 1.29 is 22.3 Å². The summed E-state index contributed by atoms with van der Waals surface area (Å²) < 4.78 is 52.4. The summed E-state index contributed by atoms with van der Waals surface area (Å²) in [7, 11) is 0. The van der Waals surface area contributed by atoms with Gasteiger partial charge in [0.1, 0.15) is 0 Å². The van der Waals surface area contributed by atoms with E-state index >= 15 is 0 Å². The van der Waals surface area contributed by atoms with E-state index < -0.39 is 24.0 Å². The zero-order valence-electron chi connectivity index (χ0n) is 8.80. The zero-order chi connectivity index (χ0) is 13.1. The van der Waals surface area contributed by atoms with Crippen LogP contribution >= 0.6 is 0 Å². The van der Waals surface area contributed by atoms with E-state index in [0.717, 1.165) is 12.1 Å². The van der Waals surface area contributed by atoms with Crippen molar-refractivity contribution in [2.24, 2.45) is 5.73 Å². The maximum atomic E-state index is 13.3. The van der Waals surface area contributed by atoms with Gasteiger partial charge in [-0.3, -0.25) is 0 Å². The molecule has 1 atom stereocenters. The maximum Gasteiger partial charge on any atom is 0.573 e. The smallest absolute Gasteiger partial charge is 0.403 e. The van der Waals surface area contributed by atoms with E-state index in [-0.39, 0.29) is 0 Å². The van der Waals surface area contributed by atoms with Crippen LogP contribution in [0.25, 0.3) is 0 Å². The molecule has 0 saturated carbocycles. The van der Waals surface area contributed by atoms with Crippen LogP contribution in [0.15, 0.2) is 30.9 Å². The maximum absolute atomic E-state index is 13.3. The van der Waals surface area contributed by atoms with Gasteiger partial charge in [-0.25, -0.2) is 4.39 Å². The number of alkyl halides is 3. The molecular weight excluding hydrogens is 238 g/mol. The molecule has 0 radical (unpaired) electrons. The fourth-order valence-corrected chi connectivity index (χ4v) is 1.27. The number of rotatable bonds is 4. The van der Waals surface area contributed by atoms with Crippen LogP contribution in [0.3, 0.4) is 0 Å². The summed E-state index contributed by atoms with van der Waals surface area (Å²) in [6, 6.07) is 2.62. The van der Waals surface area contributed by atoms with E-state index in [9.17, 15) is 17.6 Å². The lowest BCUT2D eigenvalue weighted by Gasteiger charge is -2.13. The van der Waals surface area contributed by atoms with Gasteiger partial charge in [0.05, 0.1) is 0 Å². The lowest BCUT2D eigenvalue weighted by atomic mass is 10.0. The van der Waals surface area contributed by atoms with Crippen molar-refractivity contribution in [2.75, 3.05) is 0 Å². The Labute approximate surface area is 95.7 Å². The SMILES string of the molecule is C=CC[C@@H](N)c1ccc(OC(F)(F)F)c(F)c1. The molecule has 1 aromatic carbocycles. The summed E-state index contributed by atoms with van der Waals surface area (Å²) in [5.74, 6) is -1.97. The van der Waals surface area contributed by atoms with Gasteiger partial charge >= 0.3 is 6.36 Å². The van der Waals surface area contributed by atoms with Crippen LogP contribution in [0.4, 0.5) is 17.6 Å². The topological polar surface area (TPSA) is 35.2 Å². The first-order valence-corrected chi connectivity index (χ1v) is 4.75. The quantitative estimate of drug-likeness (QED) is 0.656. The third kappa shape index (κ3) is 4.07. The summed E-state index contributed by atoms with van der Waals surface area (Å²) in [6.45, 7) is 3.47. The predicted molar refractivity (Wildman–Crippen MR) is 54.8 cm³/mol. The molecule has 1 aromatic rings. The fourth-order valence-electron chi connectivity index (χ4n) is 1.27. The van der Waals surface area contributed by atoms with E-state index in [0.29, 0.717) is 12.0 Å². The van der Waals surface area contributed by atoms with Crippen molar-refractivity contribution in [3.05, 3.63) is 42.2 Å². The Kier molecular flexibility index (Phi) is 4.11. The minimum atomic E-state index is -4.91. The monoisotopic (exact) mass is 249 g/mol. The molecule has 0 fully saturated rings. The van der Waals surface area contributed by atoms with Gasteiger partial charge in [-0.2, -0.15) is 0 Å². The number of hydrogen-bond acceptors (Lipinski definition) is 2. The molecule has 0 aliphatic carbocycles. The minimum Gasteiger partial charge on any atom is -0.403 e. The average Bonchev–Trinajstić information content (AvgIpc) is 2.19. The van der Waals surface area contributed by atoms with Gasteiger partial charge in [0.15, 0.2) is 11.6 Å². The van der Waals surface area contributed by atoms with E-state index in [1.165, 1.54) is 6.07 Å². The third-order valence-corrected chi connectivity index (χ3v) is 2.03. The molecule has 0 spiro atoms. The number of nitrogens with two attached hydrogens (primary N) is 1. The van der Waals surface area contributed by atoms with Crippen LogP contribution in [0, 0.1) is 5.82 Å². The predicted octanol–water partition coefficient (Wildman–Crippen LogP) is 3.30. The molecule has 17 heavy (non-hydrogen) atoms. The highest BCUT2D eigenvalue weighted by molar-refractivity contribution is 5.31. The largest absolute Gasteiger partial charge is 0.573 e. The third-order valence-electron chi connectivity index (χ3n) is 2.03. The summed E-state index contributed by atoms with van der Waals surface area (Å²) >= 11 is 0. The highest BCUT2D eigenvalue weighted by Crippen LogP contribution is 2.27. The van der Waals surface area contributed by atoms with Gasteiger partial charge in [-0.05, 0) is 24.1 Å². The van der Waals surface area contributed by atoms with Crippen LogP contribution in [-0.2, 0) is 0 Å². The van der Waals surface area contributed by atoms with Crippen molar-refractivity contribution in [3.8, 4) is 5.75 Å². The van der Waals surface area contributed by atoms with Crippen molar-refractivity contribution >= 4 is 0 Å². The zero-order valence-corrected chi connectivity index (χ0v) is 8.80. The molecule has 2 nitrogen and oxygen atoms in total. The highest BCUT2D eigenvalue weighted by atomic mass is 19.4. The van der Waals surface area contributed by atoms with Gasteiger partial charge in [-0.15, -0.1) is 19.8 Å². The normalized spacial score (nSPS) is 13.2. The van der Waals surface area contributed by atoms with E-state index in [2.05, 4.69) is 11.3 Å². The van der Waals surface area contributed by atoms with E-state index in [1.807, 2.05) is 0 Å². The van der Waals surface area contributed by atoms with Gasteiger partial charge in [-0.1, -0.05) is 12.1 Å². The van der Waals surface area contributed by atoms with Crippen LogP contribution < -0.4 is 10.5 Å². The Hall–Kier alpha value is -1.56. The summed E-state index contributed by atoms with van der Waals surface area (Å²) in [5, 5.41) is 0. The first kappa shape index (κ1) is 13.5. The highest BCUT2D eigenvalue weighted by Gasteiger charge is 2.32. The minimum absolute atomic E-state index is 0.386. The van der Waals surface area contributed by atoms with Gasteiger partial charge < -0.3 is 10.5 Å². The summed E-state index contributed by atoms with van der Waals surface area (Å²) in [5.41, 5.74) is 6.04. The number of halogens is 4. The second kappa shape index (κ2) is 5.18. The number of hydrogen-bond donors (Lipinski definition) is 1. The molecule has 6 heteroatoms. The van der Waals surface area contributed by atoms with Crippen molar-refractivity contribution in [3.63, 3.8) is 0 Å². The molecule has 0 bridgehead atoms. The van der Waals surface area contributed by atoms with Gasteiger partial charge in [0.2, 0.25) is 0 Å². The molecule has 0 amide bonds. The molecule has 0 unspecified atom stereocenters. The fraction of sp³-hybridized carbons (Fsp3) is 0.273. The first-order valence-electron chi connectivity index (χ1n) is 4.75. The van der Waals surface area contributed by atoms with Crippen LogP contribution in [0.1, 0.15) is 18.0 Å². The lowest BCUT2D eigenvalue weighted by molar-refractivity contribution is -0.275. The van der Waals surface area contributed by atoms with Crippen molar-refractivity contribution in [2.45, 2.75) is 18.8 Å². The van der Waals surface area contributed by atoms with Crippen molar-refractivity contribution in [1.82, 2.24) is 0 Å². The van der Waals surface area contributed by atoms with Crippen LogP contribution in [-0.4, -0.2) is 6.36 Å². The Morgan fingerprint density at radius 3 is 2.53 bits per heavy atom. The Morgan fingerprint density at radius 1 is 1.41 bits per heavy atom. The number of ether oxygens (including phenoxy) is 1. The molecule has 94 valence electrons. The molecule has 0 aliphatic heterocycles. The Morgan fingerprint density at radius 2 is 2.06 bits per heavy atom. The number of benzene rings is 1. The lowest BCUT2D eigenvalue weighted by Crippen LogP contribution is -2.18. The molecule has 0 aliphatic rings. The van der Waals surface area contributed by atoms with E-state index in [4.69, 9.17) is 5.73 Å². The van der Waals surface area contributed by atoms with Gasteiger partial charge in [0, 0.05) is 6.04 Å². The molecule has 0 aromatic heterocycles. The van der Waals surface area contributed by atoms with Gasteiger partial charge in [0.25, 0.3) is 0 Å². The molecule has 2 N–H and O–H groups in total. The van der Waals surface area contributed by atoms with Crippen molar-refractivity contribution in [1.29, 1.82) is 0 Å². The Balaban J connectivity index is 2.90. The summed E-state index contributed by atoms with van der Waals surface area (Å²) in [6.07, 6.45) is -2.97. The molecular formula is C11H11F4NO. The van der Waals surface area contributed by atoms with Crippen LogP contribution in [0.5, 0.6) is 5.75 Å². The Bertz CT molecular complexity index is 403. The molecule has 0 saturated heterocycles. The average molecular weight is 249 g/mol. The second-order valence-electron chi connectivity index (χ2n) is 3.37. The first-order chi connectivity index (χ1) is 7.83. The standard InChI is InChI=1S/C11H11F4NO/c1-2-3-9(16)7-4-5-10(8(12)6-7)17-11(13,14)15/h2,4-6,9H,1,3,16H2/t9-/m1/s1. The molecule has 0 heterocycles. The second-order valence-corrected chi connectivity index (χ2v) is 3.37. The summed E-state index contributed by atoms with van der Waals surface area (Å²) in [4.78, 5) is 0.